The molecule has 0 aliphatic carbocycles. The maximum Gasteiger partial charge on any atom is 0.219 e. The Labute approximate surface area is 204 Å². The number of nitrogens with zero attached hydrogens (tertiary/aromatic N) is 1. The lowest BCUT2D eigenvalue weighted by Gasteiger charge is -2.26. The number of piperidine rings is 1. The normalized spacial score (nSPS) is 14.2. The highest BCUT2D eigenvalue weighted by Crippen LogP contribution is 2.18. The highest BCUT2D eigenvalue weighted by Gasteiger charge is 2.10. The number of unbranched alkanes of at least 4 members (excludes halogenated alkanes) is 2. The number of likely N-dealkylation sites (tertiary alicyclic amines) is 1. The highest BCUT2D eigenvalue weighted by atomic mass is 32.2. The van der Waals surface area contributed by atoms with Crippen molar-refractivity contribution in [3.63, 3.8) is 0 Å². The van der Waals surface area contributed by atoms with Crippen LogP contribution in [0.2, 0.25) is 0 Å². The number of hydrogen-bond acceptors (Lipinski definition) is 4. The Morgan fingerprint density at radius 1 is 0.909 bits per heavy atom. The largest absolute Gasteiger partial charge is 0.494 e. The topological polar surface area (TPSA) is 41.6 Å². The predicted octanol–water partition coefficient (Wildman–Crippen LogP) is 6.05. The molecule has 0 bridgehead atoms. The third-order valence-electron chi connectivity index (χ3n) is 5.97. The van der Waals surface area contributed by atoms with Crippen molar-refractivity contribution in [2.24, 2.45) is 0 Å². The molecule has 0 spiro atoms. The zero-order valence-electron chi connectivity index (χ0n) is 20.0. The molecule has 1 heterocycles. The van der Waals surface area contributed by atoms with Crippen molar-refractivity contribution < 1.29 is 9.53 Å². The van der Waals surface area contributed by atoms with Crippen LogP contribution in [0.15, 0.2) is 54.6 Å². The van der Waals surface area contributed by atoms with Crippen molar-refractivity contribution in [1.29, 1.82) is 0 Å². The predicted molar refractivity (Wildman–Crippen MR) is 140 cm³/mol. The standard InChI is InChI=1S/C28H40N2O2S/c31-28(16-6-2-9-21-33-24-25-12-4-1-5-13-25)29-17-11-20-32-27-15-10-14-26(22-27)23-30-18-7-3-8-19-30/h1,4-5,10,12-15,22H,2-3,6-9,11,16-21,23-24H2,(H,29,31). The second kappa shape index (κ2) is 15.8. The molecule has 0 atom stereocenters. The smallest absolute Gasteiger partial charge is 0.219 e. The Morgan fingerprint density at radius 2 is 1.73 bits per heavy atom. The van der Waals surface area contributed by atoms with Crippen molar-refractivity contribution in [1.82, 2.24) is 10.2 Å². The van der Waals surface area contributed by atoms with E-state index < -0.39 is 0 Å². The van der Waals surface area contributed by atoms with Crippen LogP contribution in [0.4, 0.5) is 0 Å². The van der Waals surface area contributed by atoms with Crippen molar-refractivity contribution >= 4 is 17.7 Å². The van der Waals surface area contributed by atoms with E-state index >= 15 is 0 Å². The molecule has 1 aliphatic rings. The first-order valence-electron chi connectivity index (χ1n) is 12.6. The van der Waals surface area contributed by atoms with Gasteiger partial charge in [-0.3, -0.25) is 9.69 Å². The van der Waals surface area contributed by atoms with Crippen molar-refractivity contribution in [3.05, 3.63) is 65.7 Å². The number of carbonyl (C=O) groups is 1. The molecule has 0 unspecified atom stereocenters. The third-order valence-corrected chi connectivity index (χ3v) is 7.08. The van der Waals surface area contributed by atoms with E-state index in [1.165, 1.54) is 49.9 Å². The van der Waals surface area contributed by atoms with Gasteiger partial charge in [0.05, 0.1) is 6.61 Å². The van der Waals surface area contributed by atoms with Crippen LogP contribution in [0, 0.1) is 0 Å². The monoisotopic (exact) mass is 468 g/mol. The Hall–Kier alpha value is -1.98. The average molecular weight is 469 g/mol. The molecular formula is C28H40N2O2S. The lowest BCUT2D eigenvalue weighted by molar-refractivity contribution is -0.121. The zero-order chi connectivity index (χ0) is 23.0. The fourth-order valence-corrected chi connectivity index (χ4v) is 5.10. The molecule has 180 valence electrons. The first kappa shape index (κ1) is 25.6. The molecule has 0 radical (unpaired) electrons. The molecule has 1 saturated heterocycles. The van der Waals surface area contributed by atoms with E-state index in [0.29, 0.717) is 19.6 Å². The molecule has 1 N–H and O–H groups in total. The number of hydrogen-bond donors (Lipinski definition) is 1. The van der Waals surface area contributed by atoms with E-state index in [1.807, 2.05) is 17.8 Å². The van der Waals surface area contributed by atoms with E-state index in [2.05, 4.69) is 58.7 Å². The molecule has 33 heavy (non-hydrogen) atoms. The van der Waals surface area contributed by atoms with Gasteiger partial charge in [-0.25, -0.2) is 0 Å². The minimum atomic E-state index is 0.162. The van der Waals surface area contributed by atoms with Crippen LogP contribution >= 0.6 is 11.8 Å². The minimum absolute atomic E-state index is 0.162. The number of nitrogens with one attached hydrogen (secondary N) is 1. The van der Waals surface area contributed by atoms with E-state index in [9.17, 15) is 4.79 Å². The first-order chi connectivity index (χ1) is 16.3. The molecule has 1 aliphatic heterocycles. The average Bonchev–Trinajstić information content (AvgIpc) is 2.85. The summed E-state index contributed by atoms with van der Waals surface area (Å²) in [7, 11) is 0. The van der Waals surface area contributed by atoms with Gasteiger partial charge in [0.2, 0.25) is 5.91 Å². The Morgan fingerprint density at radius 3 is 2.58 bits per heavy atom. The van der Waals surface area contributed by atoms with Gasteiger partial charge >= 0.3 is 0 Å². The van der Waals surface area contributed by atoms with Crippen LogP contribution < -0.4 is 10.1 Å². The third kappa shape index (κ3) is 11.1. The maximum absolute atomic E-state index is 12.0. The summed E-state index contributed by atoms with van der Waals surface area (Å²) in [6.07, 6.45) is 8.72. The Kier molecular flexibility index (Phi) is 12.3. The van der Waals surface area contributed by atoms with Crippen LogP contribution in [-0.2, 0) is 17.1 Å². The van der Waals surface area contributed by atoms with Crippen LogP contribution in [-0.4, -0.2) is 42.8 Å². The molecule has 0 aromatic heterocycles. The summed E-state index contributed by atoms with van der Waals surface area (Å²) in [5, 5.41) is 3.03. The molecule has 0 saturated carbocycles. The second-order valence-electron chi connectivity index (χ2n) is 8.89. The molecule has 1 fully saturated rings. The number of benzene rings is 2. The molecular weight excluding hydrogens is 428 g/mol. The Bertz CT molecular complexity index is 793. The summed E-state index contributed by atoms with van der Waals surface area (Å²) in [6, 6.07) is 19.0. The maximum atomic E-state index is 12.0. The highest BCUT2D eigenvalue weighted by molar-refractivity contribution is 7.98. The van der Waals surface area contributed by atoms with Crippen LogP contribution in [0.5, 0.6) is 5.75 Å². The van der Waals surface area contributed by atoms with Gasteiger partial charge < -0.3 is 10.1 Å². The summed E-state index contributed by atoms with van der Waals surface area (Å²) in [4.78, 5) is 14.6. The van der Waals surface area contributed by atoms with Gasteiger partial charge in [-0.05, 0) is 74.2 Å². The van der Waals surface area contributed by atoms with Crippen LogP contribution in [0.3, 0.4) is 0 Å². The summed E-state index contributed by atoms with van der Waals surface area (Å²) in [5.74, 6) is 3.33. The number of carbonyl (C=O) groups excluding carboxylic acids is 1. The minimum Gasteiger partial charge on any atom is -0.494 e. The SMILES string of the molecule is O=C(CCCCCSCc1ccccc1)NCCCOc1cccc(CN2CCCCC2)c1. The molecule has 3 rings (SSSR count). The number of ether oxygens (including phenoxy) is 1. The number of thioether (sulfide) groups is 1. The van der Waals surface area contributed by atoms with Crippen molar-refractivity contribution in [2.75, 3.05) is 32.0 Å². The van der Waals surface area contributed by atoms with Gasteiger partial charge in [0.1, 0.15) is 5.75 Å². The fourth-order valence-electron chi connectivity index (χ4n) is 4.12. The van der Waals surface area contributed by atoms with Gasteiger partial charge in [-0.15, -0.1) is 0 Å². The number of amides is 1. The number of rotatable bonds is 15. The van der Waals surface area contributed by atoms with Crippen LogP contribution in [0.25, 0.3) is 0 Å². The molecule has 5 heteroatoms. The molecule has 4 nitrogen and oxygen atoms in total. The van der Waals surface area contributed by atoms with Gasteiger partial charge in [-0.1, -0.05) is 55.3 Å². The summed E-state index contributed by atoms with van der Waals surface area (Å²) < 4.78 is 5.91. The lowest BCUT2D eigenvalue weighted by Crippen LogP contribution is -2.29. The second-order valence-corrected chi connectivity index (χ2v) is 9.99. The van der Waals surface area contributed by atoms with E-state index in [1.54, 1.807) is 0 Å². The molecule has 2 aromatic carbocycles. The lowest BCUT2D eigenvalue weighted by atomic mass is 10.1. The zero-order valence-corrected chi connectivity index (χ0v) is 20.8. The summed E-state index contributed by atoms with van der Waals surface area (Å²) in [5.41, 5.74) is 2.71. The molecule has 1 amide bonds. The quantitative estimate of drug-likeness (QED) is 0.323. The van der Waals surface area contributed by atoms with Crippen molar-refractivity contribution in [2.45, 2.75) is 63.7 Å². The fraction of sp³-hybridized carbons (Fsp3) is 0.536. The first-order valence-corrected chi connectivity index (χ1v) is 13.8. The van der Waals surface area contributed by atoms with Gasteiger partial charge in [-0.2, -0.15) is 11.8 Å². The Balaban J connectivity index is 1.16. The molecule has 2 aromatic rings. The van der Waals surface area contributed by atoms with E-state index in [0.717, 1.165) is 43.1 Å². The van der Waals surface area contributed by atoms with Crippen molar-refractivity contribution in [3.8, 4) is 5.75 Å². The summed E-state index contributed by atoms with van der Waals surface area (Å²) >= 11 is 1.98. The summed E-state index contributed by atoms with van der Waals surface area (Å²) in [6.45, 7) is 4.74. The van der Waals surface area contributed by atoms with Gasteiger partial charge in [0.15, 0.2) is 0 Å². The van der Waals surface area contributed by atoms with Gasteiger partial charge in [0.25, 0.3) is 0 Å². The van der Waals surface area contributed by atoms with Crippen LogP contribution in [0.1, 0.15) is 62.5 Å². The van der Waals surface area contributed by atoms with Gasteiger partial charge in [0, 0.05) is 25.3 Å². The van der Waals surface area contributed by atoms with E-state index in [4.69, 9.17) is 4.74 Å². The van der Waals surface area contributed by atoms with E-state index in [-0.39, 0.29) is 5.91 Å².